The number of carbonyl (C=O) groups is 2. The Morgan fingerprint density at radius 3 is 1.59 bits per heavy atom. The molecule has 0 saturated carbocycles. The lowest BCUT2D eigenvalue weighted by Crippen LogP contribution is -2.17. The Kier molecular flexibility index (Phi) is 14.7. The lowest BCUT2D eigenvalue weighted by molar-refractivity contribution is -0.116. The molecule has 13 nitrogen and oxygen atoms in total. The second-order valence-corrected chi connectivity index (χ2v) is 17.2. The van der Waals surface area contributed by atoms with E-state index in [1.54, 1.807) is 60.9 Å². The van der Waals surface area contributed by atoms with Crippen molar-refractivity contribution < 1.29 is 35.9 Å². The van der Waals surface area contributed by atoms with Crippen molar-refractivity contribution in [1.82, 2.24) is 4.98 Å². The third-order valence-corrected chi connectivity index (χ3v) is 11.0. The molecule has 0 bridgehead atoms. The number of halogens is 3. The molecule has 0 spiro atoms. The average Bonchev–Trinajstić information content (AvgIpc) is 3.14. The highest BCUT2D eigenvalue weighted by Gasteiger charge is 2.20. The molecule has 0 atom stereocenters. The van der Waals surface area contributed by atoms with Crippen molar-refractivity contribution in [2.24, 2.45) is 10.3 Å². The van der Waals surface area contributed by atoms with Gasteiger partial charge in [0.15, 0.2) is 0 Å². The summed E-state index contributed by atoms with van der Waals surface area (Å²) in [5, 5.41) is 16.9. The van der Waals surface area contributed by atoms with Crippen LogP contribution in [0.5, 0.6) is 23.0 Å². The van der Waals surface area contributed by atoms with Crippen molar-refractivity contribution in [3.63, 3.8) is 0 Å². The maximum Gasteiger partial charge on any atom is 0.241 e. The number of nitrogens with two attached hydrogens (primary N) is 2. The fourth-order valence-electron chi connectivity index (χ4n) is 5.18. The molecule has 0 radical (unpaired) electrons. The van der Waals surface area contributed by atoms with Crippen LogP contribution in [0.15, 0.2) is 142 Å². The van der Waals surface area contributed by atoms with E-state index in [0.29, 0.717) is 21.5 Å². The summed E-state index contributed by atoms with van der Waals surface area (Å²) in [6.07, 6.45) is 3.48. The molecule has 6 N–H and O–H groups in total. The molecular weight excluding hydrogens is 893 g/mol. The van der Waals surface area contributed by atoms with Crippen LogP contribution in [-0.2, 0) is 42.5 Å². The summed E-state index contributed by atoms with van der Waals surface area (Å²) in [4.78, 5) is 28.2. The molecule has 1 heterocycles. The molecule has 0 saturated heterocycles. The van der Waals surface area contributed by atoms with Crippen LogP contribution in [0.4, 0.5) is 11.4 Å². The van der Waals surface area contributed by atoms with Crippen molar-refractivity contribution in [2.45, 2.75) is 29.6 Å². The summed E-state index contributed by atoms with van der Waals surface area (Å²) in [6.45, 7) is 1.88. The van der Waals surface area contributed by atoms with Crippen LogP contribution < -0.4 is 30.4 Å². The van der Waals surface area contributed by atoms with Gasteiger partial charge in [0.05, 0.1) is 12.8 Å². The largest absolute Gasteiger partial charge is 0.456 e. The zero-order chi connectivity index (χ0) is 42.0. The number of primary sulfonamides is 2. The number of nitrogens with zero attached hydrogens (tertiary/aromatic N) is 1. The standard InChI is InChI=1S/C20H16BrClN2O4S.C20H18ClN3O4S/c21-17-7-2-1-4-13(17)10-20(25)24-15-8-9-18(19(12-15)29(23,26)27)28-16-6-3-5-14(22)11-16;1-13-7-8-23-12-14(13)9-20(25)24-16-5-6-18(19(11-16)29(22,26)27)28-17-4-2-3-15(21)10-17/h1-9,11-12H,10H2,(H,24,25)(H2,23,26,27);2-8,10-12H,9H2,1H3,(H,24,25)(H2,22,26,27). The van der Waals surface area contributed by atoms with Crippen LogP contribution in [-0.4, -0.2) is 33.6 Å². The monoisotopic (exact) mass is 925 g/mol. The number of hydrogen-bond acceptors (Lipinski definition) is 9. The van der Waals surface area contributed by atoms with E-state index < -0.39 is 20.0 Å². The number of pyridine rings is 1. The van der Waals surface area contributed by atoms with Gasteiger partial charge in [-0.3, -0.25) is 14.6 Å². The van der Waals surface area contributed by atoms with Crippen LogP contribution in [0.2, 0.25) is 10.0 Å². The van der Waals surface area contributed by atoms with Crippen LogP contribution in [0.3, 0.4) is 0 Å². The Morgan fingerprint density at radius 2 is 1.14 bits per heavy atom. The van der Waals surface area contributed by atoms with Gasteiger partial charge in [-0.25, -0.2) is 27.1 Å². The first-order valence-electron chi connectivity index (χ1n) is 16.9. The predicted molar refractivity (Wildman–Crippen MR) is 226 cm³/mol. The molecule has 18 heteroatoms. The number of carbonyl (C=O) groups excluding carboxylic acids is 2. The maximum atomic E-state index is 12.3. The zero-order valence-corrected chi connectivity index (χ0v) is 35.1. The molecular formula is C40H34BrCl2N5O8S2. The number of nitrogens with one attached hydrogen (secondary N) is 2. The number of hydrogen-bond donors (Lipinski definition) is 4. The third kappa shape index (κ3) is 12.8. The Morgan fingerprint density at radius 1 is 0.655 bits per heavy atom. The first-order chi connectivity index (χ1) is 27.4. The van der Waals surface area contributed by atoms with E-state index >= 15 is 0 Å². The molecule has 0 aliphatic rings. The van der Waals surface area contributed by atoms with E-state index in [2.05, 4.69) is 31.5 Å². The molecule has 2 amide bonds. The number of amides is 2. The number of aryl methyl sites for hydroxylation is 1. The molecule has 6 rings (SSSR count). The molecule has 58 heavy (non-hydrogen) atoms. The van der Waals surface area contributed by atoms with Gasteiger partial charge in [0.25, 0.3) is 0 Å². The average molecular weight is 928 g/mol. The van der Waals surface area contributed by atoms with Gasteiger partial charge in [-0.2, -0.15) is 0 Å². The molecule has 1 aromatic heterocycles. The minimum atomic E-state index is -4.11. The quantitative estimate of drug-likeness (QED) is 0.0928. The Hall–Kier alpha value is -5.33. The number of rotatable bonds is 12. The third-order valence-electron chi connectivity index (χ3n) is 7.92. The van der Waals surface area contributed by atoms with E-state index in [1.807, 2.05) is 37.3 Å². The molecule has 0 aliphatic heterocycles. The predicted octanol–water partition coefficient (Wildman–Crippen LogP) is 8.39. The van der Waals surface area contributed by atoms with Gasteiger partial charge in [-0.05, 0) is 109 Å². The number of ether oxygens (including phenoxy) is 2. The van der Waals surface area contributed by atoms with Crippen molar-refractivity contribution in [2.75, 3.05) is 10.6 Å². The summed E-state index contributed by atoms with van der Waals surface area (Å²) < 4.78 is 60.2. The zero-order valence-electron chi connectivity index (χ0n) is 30.4. The minimum absolute atomic E-state index is 0.0240. The highest BCUT2D eigenvalue weighted by Crippen LogP contribution is 2.33. The summed E-state index contributed by atoms with van der Waals surface area (Å²) in [7, 11) is -8.21. The van der Waals surface area contributed by atoms with Gasteiger partial charge in [0.1, 0.15) is 32.8 Å². The summed E-state index contributed by atoms with van der Waals surface area (Å²) in [5.74, 6) is 0.138. The molecule has 6 aromatic rings. The Balaban J connectivity index is 0.000000221. The van der Waals surface area contributed by atoms with Crippen molar-refractivity contribution in [3.8, 4) is 23.0 Å². The van der Waals surface area contributed by atoms with E-state index in [0.717, 1.165) is 21.2 Å². The van der Waals surface area contributed by atoms with Crippen LogP contribution in [0.25, 0.3) is 0 Å². The number of aromatic nitrogens is 1. The lowest BCUT2D eigenvalue weighted by Gasteiger charge is -2.13. The van der Waals surface area contributed by atoms with Crippen LogP contribution in [0, 0.1) is 6.92 Å². The molecule has 0 unspecified atom stereocenters. The highest BCUT2D eigenvalue weighted by atomic mass is 79.9. The second-order valence-electron chi connectivity index (χ2n) is 12.4. The number of sulfonamides is 2. The van der Waals surface area contributed by atoms with E-state index in [1.165, 1.54) is 36.4 Å². The molecule has 0 fully saturated rings. The van der Waals surface area contributed by atoms with Gasteiger partial charge >= 0.3 is 0 Å². The minimum Gasteiger partial charge on any atom is -0.456 e. The molecule has 5 aromatic carbocycles. The van der Waals surface area contributed by atoms with Crippen molar-refractivity contribution >= 4 is 82.4 Å². The fourth-order valence-corrected chi connectivity index (χ4v) is 7.33. The smallest absolute Gasteiger partial charge is 0.241 e. The Bertz CT molecular complexity index is 2520. The van der Waals surface area contributed by atoms with Crippen LogP contribution in [0.1, 0.15) is 16.7 Å². The van der Waals surface area contributed by atoms with Crippen LogP contribution >= 0.6 is 39.1 Å². The van der Waals surface area contributed by atoms with Gasteiger partial charge < -0.3 is 20.1 Å². The van der Waals surface area contributed by atoms with Gasteiger partial charge in [0, 0.05) is 38.3 Å². The van der Waals surface area contributed by atoms with E-state index in [4.69, 9.17) is 43.0 Å². The lowest BCUT2D eigenvalue weighted by atomic mass is 10.1. The first kappa shape index (κ1) is 43.8. The highest BCUT2D eigenvalue weighted by molar-refractivity contribution is 9.10. The van der Waals surface area contributed by atoms with E-state index in [-0.39, 0.29) is 57.3 Å². The van der Waals surface area contributed by atoms with Crippen molar-refractivity contribution in [3.05, 3.63) is 159 Å². The summed E-state index contributed by atoms with van der Waals surface area (Å²) >= 11 is 15.2. The first-order valence-corrected chi connectivity index (χ1v) is 21.5. The molecule has 300 valence electrons. The SMILES string of the molecule is Cc1ccncc1CC(=O)Nc1ccc(Oc2cccc(Cl)c2)c(S(N)(=O)=O)c1.NS(=O)(=O)c1cc(NC(=O)Cc2ccccc2Br)ccc1Oc1cccc(Cl)c1. The maximum absolute atomic E-state index is 12.3. The van der Waals surface area contributed by atoms with Gasteiger partial charge in [0.2, 0.25) is 31.9 Å². The van der Waals surface area contributed by atoms with E-state index in [9.17, 15) is 26.4 Å². The van der Waals surface area contributed by atoms with Gasteiger partial charge in [-0.15, -0.1) is 0 Å². The Labute approximate surface area is 353 Å². The summed E-state index contributed by atoms with van der Waals surface area (Å²) in [6, 6.07) is 30.6. The fraction of sp³-hybridized carbons (Fsp3) is 0.0750. The van der Waals surface area contributed by atoms with Gasteiger partial charge in [-0.1, -0.05) is 69.5 Å². The number of anilines is 2. The van der Waals surface area contributed by atoms with Crippen molar-refractivity contribution in [1.29, 1.82) is 0 Å². The number of benzene rings is 5. The topological polar surface area (TPSA) is 210 Å². The molecule has 0 aliphatic carbocycles. The second kappa shape index (κ2) is 19.4. The normalized spacial score (nSPS) is 11.1. The summed E-state index contributed by atoms with van der Waals surface area (Å²) in [5.41, 5.74) is 3.07.